The number of ether oxygens (including phenoxy) is 2. The van der Waals surface area contributed by atoms with Gasteiger partial charge in [0, 0.05) is 12.3 Å². The van der Waals surface area contributed by atoms with Crippen LogP contribution in [-0.2, 0) is 20.9 Å². The van der Waals surface area contributed by atoms with Crippen molar-refractivity contribution in [2.45, 2.75) is 19.7 Å². The third-order valence-corrected chi connectivity index (χ3v) is 2.93. The van der Waals surface area contributed by atoms with Crippen molar-refractivity contribution in [1.82, 2.24) is 10.6 Å². The van der Waals surface area contributed by atoms with Gasteiger partial charge in [-0.05, 0) is 24.6 Å². The van der Waals surface area contributed by atoms with Crippen LogP contribution in [-0.4, -0.2) is 51.0 Å². The van der Waals surface area contributed by atoms with Crippen molar-refractivity contribution in [2.75, 3.05) is 38.2 Å². The molecule has 0 aliphatic heterocycles. The van der Waals surface area contributed by atoms with E-state index in [-0.39, 0.29) is 0 Å². The second-order valence-electron chi connectivity index (χ2n) is 5.15. The molecular formula is C16H22F3N3O4. The number of hydrogen-bond acceptors (Lipinski definition) is 4. The van der Waals surface area contributed by atoms with Crippen LogP contribution >= 0.6 is 0 Å². The van der Waals surface area contributed by atoms with Crippen molar-refractivity contribution < 1.29 is 32.2 Å². The lowest BCUT2D eigenvalue weighted by Gasteiger charge is -2.11. The zero-order valence-electron chi connectivity index (χ0n) is 14.3. The van der Waals surface area contributed by atoms with Crippen LogP contribution in [0, 0.1) is 0 Å². The van der Waals surface area contributed by atoms with Gasteiger partial charge < -0.3 is 25.4 Å². The average molecular weight is 377 g/mol. The zero-order chi connectivity index (χ0) is 19.4. The number of urea groups is 1. The molecule has 0 saturated heterocycles. The Bertz CT molecular complexity index is 582. The highest BCUT2D eigenvalue weighted by atomic mass is 19.4. The van der Waals surface area contributed by atoms with E-state index in [2.05, 4.69) is 10.6 Å². The number of amides is 3. The summed E-state index contributed by atoms with van der Waals surface area (Å²) in [5, 5.41) is 6.32. The van der Waals surface area contributed by atoms with Gasteiger partial charge in [0.05, 0.1) is 26.4 Å². The number of hydrogen-bond donors (Lipinski definition) is 3. The fourth-order valence-electron chi connectivity index (χ4n) is 1.79. The average Bonchev–Trinajstić information content (AvgIpc) is 2.58. The molecule has 10 heteroatoms. The second kappa shape index (κ2) is 11.3. The maximum absolute atomic E-state index is 12.0. The number of benzene rings is 1. The summed E-state index contributed by atoms with van der Waals surface area (Å²) in [5.41, 5.74) is 1.28. The van der Waals surface area contributed by atoms with Gasteiger partial charge in [0.25, 0.3) is 0 Å². The van der Waals surface area contributed by atoms with E-state index < -0.39 is 31.2 Å². The highest BCUT2D eigenvalue weighted by Gasteiger charge is 2.27. The van der Waals surface area contributed by atoms with E-state index in [9.17, 15) is 22.8 Å². The molecule has 7 nitrogen and oxygen atoms in total. The third kappa shape index (κ3) is 10.5. The van der Waals surface area contributed by atoms with Crippen LogP contribution in [0.15, 0.2) is 24.3 Å². The molecule has 3 amide bonds. The topological polar surface area (TPSA) is 88.7 Å². The van der Waals surface area contributed by atoms with Crippen LogP contribution in [0.3, 0.4) is 0 Å². The molecule has 0 bridgehead atoms. The quantitative estimate of drug-likeness (QED) is 0.545. The van der Waals surface area contributed by atoms with E-state index in [1.54, 1.807) is 23.5 Å². The molecule has 0 fully saturated rings. The van der Waals surface area contributed by atoms with Crippen molar-refractivity contribution in [3.05, 3.63) is 29.8 Å². The summed E-state index contributed by atoms with van der Waals surface area (Å²) in [7, 11) is 0. The number of carbonyl (C=O) groups is 2. The lowest BCUT2D eigenvalue weighted by molar-refractivity contribution is -0.137. The first-order valence-electron chi connectivity index (χ1n) is 7.93. The molecule has 26 heavy (non-hydrogen) atoms. The van der Waals surface area contributed by atoms with Crippen molar-refractivity contribution in [3.63, 3.8) is 0 Å². The van der Waals surface area contributed by atoms with Crippen LogP contribution < -0.4 is 16.0 Å². The summed E-state index contributed by atoms with van der Waals surface area (Å²) < 4.78 is 46.4. The Morgan fingerprint density at radius 2 is 1.85 bits per heavy atom. The van der Waals surface area contributed by atoms with Crippen molar-refractivity contribution in [1.29, 1.82) is 0 Å². The molecule has 0 aliphatic rings. The van der Waals surface area contributed by atoms with Gasteiger partial charge in [-0.2, -0.15) is 13.2 Å². The Hall–Kier alpha value is -2.33. The fraction of sp³-hybridized carbons (Fsp3) is 0.500. The molecule has 146 valence electrons. The van der Waals surface area contributed by atoms with Gasteiger partial charge in [-0.3, -0.25) is 4.79 Å². The normalized spacial score (nSPS) is 11.1. The molecule has 0 spiro atoms. The van der Waals surface area contributed by atoms with Gasteiger partial charge in [-0.15, -0.1) is 0 Å². The first-order chi connectivity index (χ1) is 12.3. The van der Waals surface area contributed by atoms with Gasteiger partial charge in [0.2, 0.25) is 5.91 Å². The fourth-order valence-corrected chi connectivity index (χ4v) is 1.79. The van der Waals surface area contributed by atoms with E-state index in [0.29, 0.717) is 32.1 Å². The van der Waals surface area contributed by atoms with E-state index in [1.807, 2.05) is 13.0 Å². The number of carbonyl (C=O) groups excluding carboxylic acids is 2. The number of anilines is 1. The number of halogens is 3. The van der Waals surface area contributed by atoms with Crippen molar-refractivity contribution in [2.24, 2.45) is 0 Å². The highest BCUT2D eigenvalue weighted by Crippen LogP contribution is 2.12. The summed E-state index contributed by atoms with van der Waals surface area (Å²) >= 11 is 0. The predicted molar refractivity (Wildman–Crippen MR) is 88.7 cm³/mol. The minimum atomic E-state index is -4.50. The maximum Gasteiger partial charge on any atom is 0.405 e. The molecule has 0 saturated carbocycles. The van der Waals surface area contributed by atoms with Crippen molar-refractivity contribution in [3.8, 4) is 0 Å². The standard InChI is InChI=1S/C16H22F3N3O4/c1-2-25-6-7-26-10-12-4-3-5-13(8-12)22-15(24)20-9-14(23)21-11-16(17,18)19/h3-5,8H,2,6-7,9-11H2,1H3,(H,21,23)(H2,20,22,24). The molecule has 0 unspecified atom stereocenters. The van der Waals surface area contributed by atoms with Gasteiger partial charge in [-0.25, -0.2) is 4.79 Å². The molecule has 0 radical (unpaired) electrons. The summed E-state index contributed by atoms with van der Waals surface area (Å²) in [5.74, 6) is -0.936. The van der Waals surface area contributed by atoms with Gasteiger partial charge in [-0.1, -0.05) is 12.1 Å². The smallest absolute Gasteiger partial charge is 0.379 e. The molecule has 1 aromatic rings. The van der Waals surface area contributed by atoms with Gasteiger partial charge >= 0.3 is 12.2 Å². The van der Waals surface area contributed by atoms with Crippen LogP contribution in [0.25, 0.3) is 0 Å². The third-order valence-electron chi connectivity index (χ3n) is 2.93. The summed E-state index contributed by atoms with van der Waals surface area (Å²) in [4.78, 5) is 22.9. The minimum Gasteiger partial charge on any atom is -0.379 e. The minimum absolute atomic E-state index is 0.337. The lowest BCUT2D eigenvalue weighted by Crippen LogP contribution is -2.42. The molecule has 0 atom stereocenters. The summed E-state index contributed by atoms with van der Waals surface area (Å²) in [6.07, 6.45) is -4.50. The highest BCUT2D eigenvalue weighted by molar-refractivity contribution is 5.92. The predicted octanol–water partition coefficient (Wildman–Crippen LogP) is 2.04. The number of rotatable bonds is 10. The van der Waals surface area contributed by atoms with E-state index in [0.717, 1.165) is 5.56 Å². The Balaban J connectivity index is 2.33. The number of nitrogens with one attached hydrogen (secondary N) is 3. The molecule has 3 N–H and O–H groups in total. The van der Waals surface area contributed by atoms with Crippen LogP contribution in [0.5, 0.6) is 0 Å². The van der Waals surface area contributed by atoms with E-state index in [1.165, 1.54) is 0 Å². The Morgan fingerprint density at radius 3 is 2.54 bits per heavy atom. The first-order valence-corrected chi connectivity index (χ1v) is 7.93. The summed E-state index contributed by atoms with van der Waals surface area (Å²) in [6, 6.07) is 6.14. The Labute approximate surface area is 149 Å². The zero-order valence-corrected chi connectivity index (χ0v) is 14.3. The molecule has 0 heterocycles. The van der Waals surface area contributed by atoms with Crippen LogP contribution in [0.1, 0.15) is 12.5 Å². The molecule has 1 rings (SSSR count). The Morgan fingerprint density at radius 1 is 1.12 bits per heavy atom. The SMILES string of the molecule is CCOCCOCc1cccc(NC(=O)NCC(=O)NCC(F)(F)F)c1. The van der Waals surface area contributed by atoms with Gasteiger partial charge in [0.15, 0.2) is 0 Å². The lowest BCUT2D eigenvalue weighted by atomic mass is 10.2. The molecule has 0 aliphatic carbocycles. The maximum atomic E-state index is 12.0. The van der Waals surface area contributed by atoms with Gasteiger partial charge in [0.1, 0.15) is 6.54 Å². The summed E-state index contributed by atoms with van der Waals surface area (Å²) in [6.45, 7) is 1.77. The first kappa shape index (κ1) is 21.7. The largest absolute Gasteiger partial charge is 0.405 e. The molecule has 1 aromatic carbocycles. The van der Waals surface area contributed by atoms with E-state index in [4.69, 9.17) is 9.47 Å². The molecule has 0 aromatic heterocycles. The van der Waals surface area contributed by atoms with Crippen LogP contribution in [0.4, 0.5) is 23.7 Å². The van der Waals surface area contributed by atoms with Crippen molar-refractivity contribution >= 4 is 17.6 Å². The second-order valence-corrected chi connectivity index (χ2v) is 5.15. The Kier molecular flexibility index (Phi) is 9.45. The monoisotopic (exact) mass is 377 g/mol. The number of alkyl halides is 3. The molecular weight excluding hydrogens is 355 g/mol. The van der Waals surface area contributed by atoms with E-state index >= 15 is 0 Å². The van der Waals surface area contributed by atoms with Crippen LogP contribution in [0.2, 0.25) is 0 Å².